The minimum Gasteiger partial charge on any atom is -0.315 e. The van der Waals surface area contributed by atoms with Crippen molar-refractivity contribution in [2.24, 2.45) is 5.92 Å². The van der Waals surface area contributed by atoms with E-state index in [-0.39, 0.29) is 0 Å². The van der Waals surface area contributed by atoms with Crippen LogP contribution in [0.3, 0.4) is 0 Å². The Morgan fingerprint density at radius 1 is 1.36 bits per heavy atom. The summed E-state index contributed by atoms with van der Waals surface area (Å²) in [6.45, 7) is 4.57. The van der Waals surface area contributed by atoms with Crippen molar-refractivity contribution in [3.05, 3.63) is 0 Å². The van der Waals surface area contributed by atoms with E-state index in [1.165, 1.54) is 32.1 Å². The molecule has 11 heavy (non-hydrogen) atoms. The normalized spacial score (nSPS) is 19.9. The molecule has 0 aromatic carbocycles. The van der Waals surface area contributed by atoms with Crippen molar-refractivity contribution < 1.29 is 0 Å². The standard InChI is InChI=1S/C10H21N/c1-10(2,11-3)8-7-9-5-4-6-9/h9,11H,4-8H2,1-3H3. The monoisotopic (exact) mass is 155 g/mol. The Hall–Kier alpha value is -0.0400. The molecule has 66 valence electrons. The predicted octanol–water partition coefficient (Wildman–Crippen LogP) is 2.56. The molecular weight excluding hydrogens is 134 g/mol. The topological polar surface area (TPSA) is 12.0 Å². The molecule has 0 amide bonds. The van der Waals surface area contributed by atoms with Gasteiger partial charge in [-0.1, -0.05) is 19.3 Å². The Labute approximate surface area is 70.6 Å². The van der Waals surface area contributed by atoms with Gasteiger partial charge in [0.1, 0.15) is 0 Å². The Morgan fingerprint density at radius 3 is 2.36 bits per heavy atom. The average Bonchev–Trinajstić information content (AvgIpc) is 1.84. The molecule has 1 nitrogen and oxygen atoms in total. The molecule has 0 aromatic heterocycles. The lowest BCUT2D eigenvalue weighted by molar-refractivity contribution is 0.253. The van der Waals surface area contributed by atoms with Crippen molar-refractivity contribution >= 4 is 0 Å². The maximum Gasteiger partial charge on any atom is 0.0122 e. The summed E-state index contributed by atoms with van der Waals surface area (Å²) >= 11 is 0. The van der Waals surface area contributed by atoms with Gasteiger partial charge in [-0.25, -0.2) is 0 Å². The first-order chi connectivity index (χ1) is 5.14. The summed E-state index contributed by atoms with van der Waals surface area (Å²) in [7, 11) is 2.06. The van der Waals surface area contributed by atoms with Crippen LogP contribution in [0.1, 0.15) is 46.0 Å². The molecule has 0 atom stereocenters. The lowest BCUT2D eigenvalue weighted by Crippen LogP contribution is -2.36. The Kier molecular flexibility index (Phi) is 2.94. The van der Waals surface area contributed by atoms with E-state index in [0.717, 1.165) is 5.92 Å². The van der Waals surface area contributed by atoms with Gasteiger partial charge in [0, 0.05) is 5.54 Å². The molecule has 0 aromatic rings. The smallest absolute Gasteiger partial charge is 0.0122 e. The fourth-order valence-electron chi connectivity index (χ4n) is 1.47. The zero-order chi connectivity index (χ0) is 8.32. The van der Waals surface area contributed by atoms with E-state index < -0.39 is 0 Å². The van der Waals surface area contributed by atoms with Crippen molar-refractivity contribution in [3.8, 4) is 0 Å². The molecule has 0 saturated heterocycles. The summed E-state index contributed by atoms with van der Waals surface area (Å²) in [4.78, 5) is 0. The summed E-state index contributed by atoms with van der Waals surface area (Å²) in [6.07, 6.45) is 7.20. The van der Waals surface area contributed by atoms with Crippen LogP contribution in [0.5, 0.6) is 0 Å². The van der Waals surface area contributed by atoms with Crippen LogP contribution >= 0.6 is 0 Å². The summed E-state index contributed by atoms with van der Waals surface area (Å²) in [5, 5.41) is 3.34. The Balaban J connectivity index is 2.09. The van der Waals surface area contributed by atoms with Gasteiger partial charge >= 0.3 is 0 Å². The molecule has 1 rings (SSSR count). The van der Waals surface area contributed by atoms with E-state index in [2.05, 4.69) is 26.2 Å². The zero-order valence-corrected chi connectivity index (χ0v) is 8.11. The first kappa shape index (κ1) is 9.05. The van der Waals surface area contributed by atoms with E-state index in [1.54, 1.807) is 0 Å². The summed E-state index contributed by atoms with van der Waals surface area (Å²) in [5.74, 6) is 1.06. The van der Waals surface area contributed by atoms with Crippen molar-refractivity contribution in [2.45, 2.75) is 51.5 Å². The SMILES string of the molecule is CNC(C)(C)CCC1CCC1. The van der Waals surface area contributed by atoms with E-state index in [1.807, 2.05) is 0 Å². The third-order valence-electron chi connectivity index (χ3n) is 3.08. The van der Waals surface area contributed by atoms with Crippen molar-refractivity contribution in [3.63, 3.8) is 0 Å². The minimum absolute atomic E-state index is 0.357. The molecule has 0 heterocycles. The molecule has 1 heteroatoms. The highest BCUT2D eigenvalue weighted by molar-refractivity contribution is 4.79. The summed E-state index contributed by atoms with van der Waals surface area (Å²) in [6, 6.07) is 0. The van der Waals surface area contributed by atoms with E-state index in [0.29, 0.717) is 5.54 Å². The average molecular weight is 155 g/mol. The lowest BCUT2D eigenvalue weighted by atomic mass is 9.79. The molecular formula is C10H21N. The third kappa shape index (κ3) is 2.82. The largest absolute Gasteiger partial charge is 0.315 e. The maximum absolute atomic E-state index is 3.34. The molecule has 0 aliphatic heterocycles. The molecule has 1 N–H and O–H groups in total. The fraction of sp³-hybridized carbons (Fsp3) is 1.00. The van der Waals surface area contributed by atoms with Gasteiger partial charge in [0.2, 0.25) is 0 Å². The summed E-state index contributed by atoms with van der Waals surface area (Å²) in [5.41, 5.74) is 0.357. The van der Waals surface area contributed by atoms with Gasteiger partial charge < -0.3 is 5.32 Å². The van der Waals surface area contributed by atoms with Gasteiger partial charge in [-0.15, -0.1) is 0 Å². The van der Waals surface area contributed by atoms with Crippen molar-refractivity contribution in [1.82, 2.24) is 5.32 Å². The van der Waals surface area contributed by atoms with Crippen molar-refractivity contribution in [2.75, 3.05) is 7.05 Å². The number of rotatable bonds is 4. The van der Waals surface area contributed by atoms with Crippen LogP contribution in [-0.4, -0.2) is 12.6 Å². The summed E-state index contributed by atoms with van der Waals surface area (Å²) < 4.78 is 0. The molecule has 1 fully saturated rings. The van der Waals surface area contributed by atoms with Crippen LogP contribution in [0.2, 0.25) is 0 Å². The van der Waals surface area contributed by atoms with Crippen LogP contribution in [0, 0.1) is 5.92 Å². The second-order valence-corrected chi connectivity index (χ2v) is 4.47. The molecule has 0 spiro atoms. The highest BCUT2D eigenvalue weighted by Crippen LogP contribution is 2.32. The quantitative estimate of drug-likeness (QED) is 0.658. The van der Waals surface area contributed by atoms with Crippen LogP contribution in [0.15, 0.2) is 0 Å². The van der Waals surface area contributed by atoms with E-state index in [9.17, 15) is 0 Å². The first-order valence-electron chi connectivity index (χ1n) is 4.83. The van der Waals surface area contributed by atoms with Gasteiger partial charge in [-0.05, 0) is 39.7 Å². The number of nitrogens with one attached hydrogen (secondary N) is 1. The minimum atomic E-state index is 0.357. The number of hydrogen-bond acceptors (Lipinski definition) is 1. The fourth-order valence-corrected chi connectivity index (χ4v) is 1.47. The Bertz CT molecular complexity index is 114. The van der Waals surface area contributed by atoms with E-state index in [4.69, 9.17) is 0 Å². The van der Waals surface area contributed by atoms with Gasteiger partial charge in [0.05, 0.1) is 0 Å². The van der Waals surface area contributed by atoms with Gasteiger partial charge in [-0.3, -0.25) is 0 Å². The molecule has 1 aliphatic rings. The van der Waals surface area contributed by atoms with Crippen LogP contribution < -0.4 is 5.32 Å². The Morgan fingerprint density at radius 2 is 2.00 bits per heavy atom. The lowest BCUT2D eigenvalue weighted by Gasteiger charge is -2.30. The highest BCUT2D eigenvalue weighted by Gasteiger charge is 2.21. The molecule has 0 radical (unpaired) electrons. The highest BCUT2D eigenvalue weighted by atomic mass is 14.9. The second kappa shape index (κ2) is 3.57. The van der Waals surface area contributed by atoms with Gasteiger partial charge in [-0.2, -0.15) is 0 Å². The molecule has 1 aliphatic carbocycles. The predicted molar refractivity (Wildman–Crippen MR) is 49.7 cm³/mol. The molecule has 0 unspecified atom stereocenters. The van der Waals surface area contributed by atoms with E-state index >= 15 is 0 Å². The zero-order valence-electron chi connectivity index (χ0n) is 8.11. The van der Waals surface area contributed by atoms with Crippen LogP contribution in [0.4, 0.5) is 0 Å². The molecule has 0 bridgehead atoms. The van der Waals surface area contributed by atoms with Gasteiger partial charge in [0.25, 0.3) is 0 Å². The van der Waals surface area contributed by atoms with Gasteiger partial charge in [0.15, 0.2) is 0 Å². The van der Waals surface area contributed by atoms with Crippen LogP contribution in [-0.2, 0) is 0 Å². The second-order valence-electron chi connectivity index (χ2n) is 4.47. The number of hydrogen-bond donors (Lipinski definition) is 1. The first-order valence-corrected chi connectivity index (χ1v) is 4.83. The van der Waals surface area contributed by atoms with Crippen molar-refractivity contribution in [1.29, 1.82) is 0 Å². The third-order valence-corrected chi connectivity index (χ3v) is 3.08. The maximum atomic E-state index is 3.34. The molecule has 1 saturated carbocycles. The van der Waals surface area contributed by atoms with Crippen LogP contribution in [0.25, 0.3) is 0 Å².